The first-order valence-electron chi connectivity index (χ1n) is 9.35. The molecule has 2 N–H and O–H groups in total. The van der Waals surface area contributed by atoms with Crippen molar-refractivity contribution in [2.45, 2.75) is 30.8 Å². The average molecular weight is 382 g/mol. The number of hydrogen-bond acceptors (Lipinski definition) is 3. The van der Waals surface area contributed by atoms with E-state index < -0.39 is 11.5 Å². The van der Waals surface area contributed by atoms with Crippen LogP contribution in [0.15, 0.2) is 48.5 Å². The molecule has 1 spiro atoms. The minimum absolute atomic E-state index is 0.0904. The van der Waals surface area contributed by atoms with Crippen molar-refractivity contribution >= 4 is 34.8 Å². The van der Waals surface area contributed by atoms with Gasteiger partial charge in [-0.05, 0) is 44.0 Å². The molecule has 2 aromatic rings. The lowest BCUT2D eigenvalue weighted by molar-refractivity contribution is -0.135. The van der Waals surface area contributed by atoms with Gasteiger partial charge in [-0.2, -0.15) is 0 Å². The lowest BCUT2D eigenvalue weighted by Crippen LogP contribution is -2.53. The van der Waals surface area contributed by atoms with E-state index in [0.717, 1.165) is 30.6 Å². The number of carbonyl (C=O) groups excluding carboxylic acids is 2. The summed E-state index contributed by atoms with van der Waals surface area (Å²) in [5.41, 5.74) is 1.38. The molecule has 138 valence electrons. The van der Waals surface area contributed by atoms with Crippen LogP contribution in [0.1, 0.15) is 24.8 Å². The Hall–Kier alpha value is -2.37. The van der Waals surface area contributed by atoms with Gasteiger partial charge in [0, 0.05) is 17.3 Å². The van der Waals surface area contributed by atoms with E-state index in [1.807, 2.05) is 36.4 Å². The zero-order valence-electron chi connectivity index (χ0n) is 14.7. The molecule has 0 aromatic heterocycles. The molecular weight excluding hydrogens is 362 g/mol. The topological polar surface area (TPSA) is 61.4 Å². The molecule has 2 fully saturated rings. The standard InChI is InChI=1S/C21H20ClN3O2/c22-16-8-2-4-10-18(16)23-19(26)15-12-13-6-5-11-25(13)21(15)14-7-1-3-9-17(14)24-20(21)27/h1-4,7-10,13,15H,5-6,11-12H2,(H,23,26)(H,24,27). The minimum atomic E-state index is -0.927. The molecule has 2 saturated heterocycles. The van der Waals surface area contributed by atoms with Gasteiger partial charge in [0.1, 0.15) is 5.54 Å². The largest absolute Gasteiger partial charge is 0.324 e. The molecule has 0 saturated carbocycles. The van der Waals surface area contributed by atoms with E-state index in [1.54, 1.807) is 12.1 Å². The average Bonchev–Trinajstić information content (AvgIpc) is 3.32. The van der Waals surface area contributed by atoms with E-state index in [2.05, 4.69) is 15.5 Å². The second-order valence-corrected chi connectivity index (χ2v) is 7.92. The van der Waals surface area contributed by atoms with Crippen molar-refractivity contribution < 1.29 is 9.59 Å². The highest BCUT2D eigenvalue weighted by Gasteiger charge is 2.65. The van der Waals surface area contributed by atoms with Gasteiger partial charge in [0.15, 0.2) is 0 Å². The predicted octanol–water partition coefficient (Wildman–Crippen LogP) is 3.61. The predicted molar refractivity (Wildman–Crippen MR) is 105 cm³/mol. The van der Waals surface area contributed by atoms with Gasteiger partial charge in [-0.1, -0.05) is 41.9 Å². The quantitative estimate of drug-likeness (QED) is 0.835. The molecule has 0 bridgehead atoms. The maximum Gasteiger partial charge on any atom is 0.250 e. The van der Waals surface area contributed by atoms with Crippen molar-refractivity contribution in [2.75, 3.05) is 17.2 Å². The Kier molecular flexibility index (Phi) is 3.78. The first-order valence-corrected chi connectivity index (χ1v) is 9.73. The lowest BCUT2D eigenvalue weighted by Gasteiger charge is -2.36. The SMILES string of the molecule is O=C(Nc1ccccc1Cl)C1CC2CCCN2C12C(=O)Nc1ccccc12. The first-order chi connectivity index (χ1) is 13.1. The molecule has 3 unspecified atom stereocenters. The second-order valence-electron chi connectivity index (χ2n) is 7.51. The number of hydrogen-bond donors (Lipinski definition) is 2. The molecule has 5 nitrogen and oxygen atoms in total. The summed E-state index contributed by atoms with van der Waals surface area (Å²) < 4.78 is 0. The van der Waals surface area contributed by atoms with Crippen molar-refractivity contribution in [1.82, 2.24) is 4.90 Å². The molecule has 0 aliphatic carbocycles. The zero-order valence-corrected chi connectivity index (χ0v) is 15.5. The Labute approximate surface area is 162 Å². The molecule has 2 amide bonds. The molecule has 27 heavy (non-hydrogen) atoms. The Morgan fingerprint density at radius 1 is 1.19 bits per heavy atom. The summed E-state index contributed by atoms with van der Waals surface area (Å²) in [5, 5.41) is 6.48. The van der Waals surface area contributed by atoms with Gasteiger partial charge < -0.3 is 10.6 Å². The van der Waals surface area contributed by atoms with Crippen molar-refractivity contribution in [1.29, 1.82) is 0 Å². The number of carbonyl (C=O) groups is 2. The number of benzene rings is 2. The minimum Gasteiger partial charge on any atom is -0.324 e. The van der Waals surface area contributed by atoms with Crippen LogP contribution in [0.5, 0.6) is 0 Å². The van der Waals surface area contributed by atoms with Gasteiger partial charge in [0.05, 0.1) is 16.6 Å². The van der Waals surface area contributed by atoms with Crippen molar-refractivity contribution in [3.05, 3.63) is 59.1 Å². The molecule has 3 aliphatic rings. The van der Waals surface area contributed by atoms with E-state index in [-0.39, 0.29) is 17.9 Å². The van der Waals surface area contributed by atoms with E-state index in [1.165, 1.54) is 0 Å². The number of nitrogens with one attached hydrogen (secondary N) is 2. The number of nitrogens with zero attached hydrogens (tertiary/aromatic N) is 1. The number of rotatable bonds is 2. The smallest absolute Gasteiger partial charge is 0.250 e. The van der Waals surface area contributed by atoms with Crippen molar-refractivity contribution in [3.63, 3.8) is 0 Å². The monoisotopic (exact) mass is 381 g/mol. The molecule has 5 rings (SSSR count). The maximum absolute atomic E-state index is 13.3. The number of amides is 2. The van der Waals surface area contributed by atoms with Gasteiger partial charge >= 0.3 is 0 Å². The summed E-state index contributed by atoms with van der Waals surface area (Å²) in [6, 6.07) is 15.2. The van der Waals surface area contributed by atoms with Gasteiger partial charge in [-0.15, -0.1) is 0 Å². The summed E-state index contributed by atoms with van der Waals surface area (Å²) in [7, 11) is 0. The van der Waals surface area contributed by atoms with E-state index in [4.69, 9.17) is 11.6 Å². The molecular formula is C21H20ClN3O2. The number of anilines is 2. The van der Waals surface area contributed by atoms with Crippen LogP contribution in [0.25, 0.3) is 0 Å². The first kappa shape index (κ1) is 16.8. The molecule has 6 heteroatoms. The van der Waals surface area contributed by atoms with Crippen LogP contribution in [0.4, 0.5) is 11.4 Å². The van der Waals surface area contributed by atoms with Crippen LogP contribution < -0.4 is 10.6 Å². The van der Waals surface area contributed by atoms with E-state index in [9.17, 15) is 9.59 Å². The highest BCUT2D eigenvalue weighted by atomic mass is 35.5. The number of para-hydroxylation sites is 2. The Morgan fingerprint density at radius 2 is 1.96 bits per heavy atom. The van der Waals surface area contributed by atoms with Crippen LogP contribution in [0.2, 0.25) is 5.02 Å². The number of halogens is 1. The Bertz CT molecular complexity index is 947. The highest BCUT2D eigenvalue weighted by molar-refractivity contribution is 6.33. The van der Waals surface area contributed by atoms with Gasteiger partial charge in [-0.25, -0.2) is 0 Å². The van der Waals surface area contributed by atoms with Crippen molar-refractivity contribution in [2.24, 2.45) is 5.92 Å². The van der Waals surface area contributed by atoms with Crippen LogP contribution >= 0.6 is 11.6 Å². The second kappa shape index (κ2) is 6.08. The third-order valence-corrected chi connectivity index (χ3v) is 6.55. The lowest BCUT2D eigenvalue weighted by atomic mass is 9.78. The molecule has 3 aliphatic heterocycles. The van der Waals surface area contributed by atoms with Gasteiger partial charge in [0.25, 0.3) is 0 Å². The highest BCUT2D eigenvalue weighted by Crippen LogP contribution is 2.55. The van der Waals surface area contributed by atoms with Crippen LogP contribution in [0, 0.1) is 5.92 Å². The van der Waals surface area contributed by atoms with Gasteiger partial charge in [-0.3, -0.25) is 14.5 Å². The third-order valence-electron chi connectivity index (χ3n) is 6.22. The molecule has 2 aromatic carbocycles. The third kappa shape index (κ3) is 2.28. The fourth-order valence-electron chi connectivity index (χ4n) is 5.16. The zero-order chi connectivity index (χ0) is 18.6. The summed E-state index contributed by atoms with van der Waals surface area (Å²) in [4.78, 5) is 28.9. The number of fused-ring (bicyclic) bond motifs is 4. The summed E-state index contributed by atoms with van der Waals surface area (Å²) >= 11 is 6.23. The summed E-state index contributed by atoms with van der Waals surface area (Å²) in [5.74, 6) is -0.695. The summed E-state index contributed by atoms with van der Waals surface area (Å²) in [6.07, 6.45) is 2.76. The molecule has 0 radical (unpaired) electrons. The van der Waals surface area contributed by atoms with Crippen LogP contribution in [-0.2, 0) is 15.1 Å². The maximum atomic E-state index is 13.3. The van der Waals surface area contributed by atoms with Gasteiger partial charge in [0.2, 0.25) is 11.8 Å². The Balaban J connectivity index is 1.59. The fraction of sp³-hybridized carbons (Fsp3) is 0.333. The molecule has 3 heterocycles. The van der Waals surface area contributed by atoms with Crippen LogP contribution in [-0.4, -0.2) is 29.3 Å². The normalized spacial score (nSPS) is 28.9. The van der Waals surface area contributed by atoms with E-state index in [0.29, 0.717) is 17.1 Å². The van der Waals surface area contributed by atoms with Crippen LogP contribution in [0.3, 0.4) is 0 Å². The summed E-state index contributed by atoms with van der Waals surface area (Å²) in [6.45, 7) is 0.836. The Morgan fingerprint density at radius 3 is 2.81 bits per heavy atom. The van der Waals surface area contributed by atoms with E-state index >= 15 is 0 Å². The van der Waals surface area contributed by atoms with Crippen molar-refractivity contribution in [3.8, 4) is 0 Å². The molecule has 3 atom stereocenters. The fourth-order valence-corrected chi connectivity index (χ4v) is 5.35.